The molecule has 0 atom stereocenters. The number of nitrogen functional groups attached to an aromatic ring is 1. The molecule has 1 aromatic carbocycles. The van der Waals surface area contributed by atoms with E-state index in [1.807, 2.05) is 0 Å². The minimum absolute atomic E-state index is 0.0374. The number of hydrogen-bond donors (Lipinski definition) is 3. The Balaban J connectivity index is 2.82. The van der Waals surface area contributed by atoms with Gasteiger partial charge in [-0.15, -0.1) is 0 Å². The van der Waals surface area contributed by atoms with Crippen LogP contribution in [0.25, 0.3) is 11.0 Å². The fourth-order valence-electron chi connectivity index (χ4n) is 1.83. The Morgan fingerprint density at radius 1 is 1.37 bits per heavy atom. The third-order valence-corrected chi connectivity index (χ3v) is 3.36. The van der Waals surface area contributed by atoms with Crippen molar-refractivity contribution in [1.29, 1.82) is 0 Å². The Morgan fingerprint density at radius 3 is 2.58 bits per heavy atom. The van der Waals surface area contributed by atoms with Crippen LogP contribution in [0.4, 0.5) is 5.69 Å². The monoisotopic (exact) mass is 325 g/mol. The van der Waals surface area contributed by atoms with Crippen molar-refractivity contribution < 1.29 is 14.0 Å². The third-order valence-electron chi connectivity index (χ3n) is 2.71. The van der Waals surface area contributed by atoms with Crippen LogP contribution < -0.4 is 16.6 Å². The van der Waals surface area contributed by atoms with E-state index in [9.17, 15) is 9.59 Å². The second kappa shape index (κ2) is 5.02. The zero-order chi connectivity index (χ0) is 14.2. The summed E-state index contributed by atoms with van der Waals surface area (Å²) in [7, 11) is 1.50. The summed E-state index contributed by atoms with van der Waals surface area (Å²) in [5.74, 6) is 4.72. The van der Waals surface area contributed by atoms with E-state index in [0.717, 1.165) is 0 Å². The number of nitrogens with two attached hydrogens (primary N) is 1. The van der Waals surface area contributed by atoms with Gasteiger partial charge in [-0.1, -0.05) is 0 Å². The average molecular weight is 326 g/mol. The number of Topliss-reactive ketones (excluding diaryl/α,β-unsaturated/α-hetero) is 1. The number of carbonyl (C=O) groups is 2. The van der Waals surface area contributed by atoms with E-state index in [1.165, 1.54) is 14.0 Å². The van der Waals surface area contributed by atoms with Gasteiger partial charge in [0, 0.05) is 29.9 Å². The molecule has 0 aliphatic carbocycles. The van der Waals surface area contributed by atoms with Crippen LogP contribution in [0.1, 0.15) is 27.8 Å². The summed E-state index contributed by atoms with van der Waals surface area (Å²) in [5.41, 5.74) is 3.74. The van der Waals surface area contributed by atoms with E-state index < -0.39 is 0 Å². The molecule has 0 saturated heterocycles. The van der Waals surface area contributed by atoms with Crippen LogP contribution in [-0.4, -0.2) is 18.7 Å². The lowest BCUT2D eigenvalue weighted by Crippen LogP contribution is -2.19. The van der Waals surface area contributed by atoms with Gasteiger partial charge in [-0.3, -0.25) is 15.4 Å². The van der Waals surface area contributed by atoms with Gasteiger partial charge in [-0.05, 0) is 22.0 Å². The normalized spacial score (nSPS) is 10.5. The van der Waals surface area contributed by atoms with E-state index in [0.29, 0.717) is 21.1 Å². The van der Waals surface area contributed by atoms with Crippen molar-refractivity contribution in [1.82, 2.24) is 5.32 Å². The summed E-state index contributed by atoms with van der Waals surface area (Å²) in [6.07, 6.45) is 0. The fraction of sp³-hybridized carbons (Fsp3) is 0.167. The Hall–Kier alpha value is -1.86. The van der Waals surface area contributed by atoms with E-state index >= 15 is 0 Å². The number of furan rings is 1. The van der Waals surface area contributed by atoms with Crippen molar-refractivity contribution in [3.05, 3.63) is 27.9 Å². The summed E-state index contributed by atoms with van der Waals surface area (Å²) in [4.78, 5) is 23.5. The minimum atomic E-state index is -0.371. The maximum absolute atomic E-state index is 11.9. The SMILES string of the molecule is CNC(=O)c1c(C(C)=O)oc2cc(NN)c(Br)cc12. The number of anilines is 1. The molecule has 100 valence electrons. The lowest BCUT2D eigenvalue weighted by molar-refractivity contribution is 0.0937. The number of amides is 1. The van der Waals surface area contributed by atoms with Crippen LogP contribution in [-0.2, 0) is 0 Å². The molecule has 1 amide bonds. The predicted molar refractivity (Wildman–Crippen MR) is 75.1 cm³/mol. The smallest absolute Gasteiger partial charge is 0.255 e. The second-order valence-corrected chi connectivity index (χ2v) is 4.77. The van der Waals surface area contributed by atoms with E-state index in [1.54, 1.807) is 12.1 Å². The van der Waals surface area contributed by atoms with Crippen LogP contribution >= 0.6 is 15.9 Å². The molecular formula is C12H12BrN3O3. The maximum Gasteiger partial charge on any atom is 0.255 e. The number of ketones is 1. The molecule has 0 aliphatic heterocycles. The van der Waals surface area contributed by atoms with Crippen molar-refractivity contribution in [3.8, 4) is 0 Å². The molecule has 0 spiro atoms. The van der Waals surface area contributed by atoms with Crippen molar-refractivity contribution in [2.24, 2.45) is 5.84 Å². The van der Waals surface area contributed by atoms with Crippen molar-refractivity contribution >= 4 is 44.3 Å². The first-order valence-corrected chi connectivity index (χ1v) is 6.24. The van der Waals surface area contributed by atoms with Gasteiger partial charge in [0.05, 0.1) is 11.3 Å². The topological polar surface area (TPSA) is 97.4 Å². The first kappa shape index (κ1) is 13.6. The molecule has 0 radical (unpaired) electrons. The molecule has 6 nitrogen and oxygen atoms in total. The second-order valence-electron chi connectivity index (χ2n) is 3.91. The first-order valence-electron chi connectivity index (χ1n) is 5.45. The summed E-state index contributed by atoms with van der Waals surface area (Å²) in [5, 5.41) is 3.05. The molecule has 2 aromatic rings. The molecule has 7 heteroatoms. The van der Waals surface area contributed by atoms with Gasteiger partial charge >= 0.3 is 0 Å². The van der Waals surface area contributed by atoms with Crippen molar-refractivity contribution in [3.63, 3.8) is 0 Å². The molecule has 0 fully saturated rings. The van der Waals surface area contributed by atoms with Gasteiger partial charge in [-0.2, -0.15) is 0 Å². The average Bonchev–Trinajstić information content (AvgIpc) is 2.75. The zero-order valence-corrected chi connectivity index (χ0v) is 11.9. The number of fused-ring (bicyclic) bond motifs is 1. The maximum atomic E-state index is 11.9. The van der Waals surface area contributed by atoms with Crippen LogP contribution in [0.2, 0.25) is 0 Å². The molecule has 4 N–H and O–H groups in total. The van der Waals surface area contributed by atoms with Crippen LogP contribution in [0.3, 0.4) is 0 Å². The fourth-order valence-corrected chi connectivity index (χ4v) is 2.28. The minimum Gasteiger partial charge on any atom is -0.452 e. The van der Waals surface area contributed by atoms with Gasteiger partial charge in [0.25, 0.3) is 5.91 Å². The van der Waals surface area contributed by atoms with E-state index in [4.69, 9.17) is 10.3 Å². The van der Waals surface area contributed by atoms with Gasteiger partial charge in [0.1, 0.15) is 5.58 Å². The quantitative estimate of drug-likeness (QED) is 0.456. The summed E-state index contributed by atoms with van der Waals surface area (Å²) in [6, 6.07) is 3.31. The standard InChI is InChI=1S/C12H12BrN3O3/c1-5(17)11-10(12(18)15-2)6-3-7(13)8(16-14)4-9(6)19-11/h3-4,16H,14H2,1-2H3,(H,15,18). The Bertz CT molecular complexity index is 678. The molecule has 0 unspecified atom stereocenters. The number of rotatable bonds is 3. The molecule has 0 aliphatic rings. The summed E-state index contributed by atoms with van der Waals surface area (Å²) >= 11 is 3.33. The number of hydrogen-bond acceptors (Lipinski definition) is 5. The zero-order valence-electron chi connectivity index (χ0n) is 10.3. The highest BCUT2D eigenvalue weighted by Gasteiger charge is 2.23. The van der Waals surface area contributed by atoms with Gasteiger partial charge in [0.15, 0.2) is 11.5 Å². The predicted octanol–water partition coefficient (Wildman–Crippen LogP) is 2.04. The molecule has 19 heavy (non-hydrogen) atoms. The molecular weight excluding hydrogens is 314 g/mol. The first-order chi connectivity index (χ1) is 8.99. The highest BCUT2D eigenvalue weighted by Crippen LogP contribution is 2.33. The van der Waals surface area contributed by atoms with Crippen molar-refractivity contribution in [2.45, 2.75) is 6.92 Å². The van der Waals surface area contributed by atoms with Crippen LogP contribution in [0.5, 0.6) is 0 Å². The Morgan fingerprint density at radius 2 is 2.05 bits per heavy atom. The number of nitrogens with one attached hydrogen (secondary N) is 2. The van der Waals surface area contributed by atoms with Gasteiger partial charge in [-0.25, -0.2) is 0 Å². The molecule has 1 aromatic heterocycles. The highest BCUT2D eigenvalue weighted by molar-refractivity contribution is 9.10. The van der Waals surface area contributed by atoms with Crippen LogP contribution in [0, 0.1) is 0 Å². The lowest BCUT2D eigenvalue weighted by atomic mass is 10.1. The van der Waals surface area contributed by atoms with Gasteiger partial charge < -0.3 is 15.2 Å². The number of carbonyl (C=O) groups excluding carboxylic acids is 2. The van der Waals surface area contributed by atoms with E-state index in [-0.39, 0.29) is 23.0 Å². The number of hydrazine groups is 1. The number of benzene rings is 1. The van der Waals surface area contributed by atoms with Crippen molar-refractivity contribution in [2.75, 3.05) is 12.5 Å². The Kier molecular flexibility index (Phi) is 3.59. The summed E-state index contributed by atoms with van der Waals surface area (Å²) < 4.78 is 6.12. The number of halogens is 1. The molecule has 1 heterocycles. The highest BCUT2D eigenvalue weighted by atomic mass is 79.9. The molecule has 0 bridgehead atoms. The van der Waals surface area contributed by atoms with Gasteiger partial charge in [0.2, 0.25) is 0 Å². The summed E-state index contributed by atoms with van der Waals surface area (Å²) in [6.45, 7) is 1.35. The lowest BCUT2D eigenvalue weighted by Gasteiger charge is -2.03. The largest absolute Gasteiger partial charge is 0.452 e. The van der Waals surface area contributed by atoms with Crippen LogP contribution in [0.15, 0.2) is 21.0 Å². The Labute approximate surface area is 117 Å². The molecule has 0 saturated carbocycles. The molecule has 2 rings (SSSR count). The third kappa shape index (κ3) is 2.22. The van der Waals surface area contributed by atoms with E-state index in [2.05, 4.69) is 26.7 Å².